The Bertz CT molecular complexity index is 601. The number of anilines is 1. The molecule has 1 N–H and O–H groups in total. The van der Waals surface area contributed by atoms with Gasteiger partial charge in [-0.3, -0.25) is 0 Å². The van der Waals surface area contributed by atoms with Gasteiger partial charge < -0.3 is 5.32 Å². The van der Waals surface area contributed by atoms with Gasteiger partial charge >= 0.3 is 6.18 Å². The monoisotopic (exact) mass is 284 g/mol. The second-order valence-corrected chi connectivity index (χ2v) is 4.23. The summed E-state index contributed by atoms with van der Waals surface area (Å²) in [6.45, 7) is 0.277. The highest BCUT2D eigenvalue weighted by Crippen LogP contribution is 2.33. The van der Waals surface area contributed by atoms with Crippen LogP contribution in [0.3, 0.4) is 0 Å². The number of hydrogen-bond acceptors (Lipinski definition) is 5. The fourth-order valence-corrected chi connectivity index (χ4v) is 1.89. The molecule has 0 fully saturated rings. The topological polar surface area (TPSA) is 61.6 Å². The molecule has 8 heteroatoms. The van der Waals surface area contributed by atoms with Gasteiger partial charge in [-0.25, -0.2) is 0 Å². The van der Waals surface area contributed by atoms with E-state index in [1.807, 2.05) is 0 Å². The lowest BCUT2D eigenvalue weighted by molar-refractivity contribution is -0.137. The molecule has 98 valence electrons. The van der Waals surface area contributed by atoms with Crippen molar-refractivity contribution in [1.82, 2.24) is 9.59 Å². The molecule has 2 rings (SSSR count). The summed E-state index contributed by atoms with van der Waals surface area (Å²) in [5.74, 6) is 0. The third kappa shape index (κ3) is 3.20. The minimum Gasteiger partial charge on any atom is -0.379 e. The summed E-state index contributed by atoms with van der Waals surface area (Å²) in [5.41, 5.74) is -0.424. The second kappa shape index (κ2) is 5.24. The van der Waals surface area contributed by atoms with Gasteiger partial charge in [-0.15, -0.1) is 5.10 Å². The van der Waals surface area contributed by atoms with Gasteiger partial charge in [0, 0.05) is 11.1 Å². The second-order valence-electron chi connectivity index (χ2n) is 3.62. The summed E-state index contributed by atoms with van der Waals surface area (Å²) < 4.78 is 41.8. The van der Waals surface area contributed by atoms with Crippen LogP contribution in [0.4, 0.5) is 18.9 Å². The van der Waals surface area contributed by atoms with Crippen molar-refractivity contribution in [3.8, 4) is 6.07 Å². The highest BCUT2D eigenvalue weighted by molar-refractivity contribution is 7.03. The average molecular weight is 284 g/mol. The lowest BCUT2D eigenvalue weighted by Gasteiger charge is -2.11. The minimum absolute atomic E-state index is 0.277. The van der Waals surface area contributed by atoms with Crippen molar-refractivity contribution < 1.29 is 13.2 Å². The predicted octanol–water partition coefficient (Wildman–Crippen LogP) is 3.04. The Balaban J connectivity index is 2.21. The largest absolute Gasteiger partial charge is 0.417 e. The molecule has 0 aliphatic carbocycles. The molecule has 0 amide bonds. The van der Waals surface area contributed by atoms with Gasteiger partial charge in [0.2, 0.25) is 0 Å². The van der Waals surface area contributed by atoms with E-state index < -0.39 is 17.3 Å². The first kappa shape index (κ1) is 13.3. The number of aromatic nitrogens is 2. The van der Waals surface area contributed by atoms with E-state index >= 15 is 0 Å². The van der Waals surface area contributed by atoms with Gasteiger partial charge in [-0.1, -0.05) is 4.49 Å². The minimum atomic E-state index is -4.55. The fourth-order valence-electron chi connectivity index (χ4n) is 1.44. The molecule has 0 unspecified atom stereocenters. The molecule has 0 radical (unpaired) electrons. The number of halogens is 3. The lowest BCUT2D eigenvalue weighted by Crippen LogP contribution is -2.09. The van der Waals surface area contributed by atoms with Crippen LogP contribution in [-0.4, -0.2) is 9.59 Å². The molecule has 0 saturated heterocycles. The molecule has 2 aromatic rings. The number of nitrogens with one attached hydrogen (secondary N) is 1. The Kier molecular flexibility index (Phi) is 3.66. The van der Waals surface area contributed by atoms with E-state index in [2.05, 4.69) is 14.9 Å². The number of nitrogens with zero attached hydrogens (tertiary/aromatic N) is 3. The first-order valence-electron chi connectivity index (χ1n) is 5.12. The van der Waals surface area contributed by atoms with Crippen LogP contribution in [0.2, 0.25) is 0 Å². The zero-order valence-corrected chi connectivity index (χ0v) is 10.2. The van der Waals surface area contributed by atoms with E-state index in [0.29, 0.717) is 5.69 Å². The maximum absolute atomic E-state index is 12.7. The summed E-state index contributed by atoms with van der Waals surface area (Å²) in [6.07, 6.45) is -4.55. The molecule has 0 atom stereocenters. The standard InChI is InChI=1S/C11H7F3N4S/c12-11(13,14)10-3-8(2-1-7(10)4-15)16-5-9-6-19-18-17-9/h1-3,6,16H,5H2. The van der Waals surface area contributed by atoms with Crippen LogP contribution in [0.5, 0.6) is 0 Å². The Morgan fingerprint density at radius 3 is 2.74 bits per heavy atom. The maximum Gasteiger partial charge on any atom is 0.417 e. The Labute approximate surface area is 110 Å². The van der Waals surface area contributed by atoms with Crippen molar-refractivity contribution in [2.45, 2.75) is 12.7 Å². The molecule has 1 aromatic heterocycles. The van der Waals surface area contributed by atoms with Crippen LogP contribution in [0.15, 0.2) is 23.6 Å². The number of nitriles is 1. The van der Waals surface area contributed by atoms with E-state index in [0.717, 1.165) is 23.7 Å². The fraction of sp³-hybridized carbons (Fsp3) is 0.182. The average Bonchev–Trinajstić information content (AvgIpc) is 2.88. The molecule has 1 heterocycles. The third-order valence-electron chi connectivity index (χ3n) is 2.32. The Morgan fingerprint density at radius 1 is 1.37 bits per heavy atom. The molecule has 0 aliphatic rings. The van der Waals surface area contributed by atoms with Crippen LogP contribution in [0, 0.1) is 11.3 Å². The summed E-state index contributed by atoms with van der Waals surface area (Å²) >= 11 is 1.16. The number of alkyl halides is 3. The maximum atomic E-state index is 12.7. The number of benzene rings is 1. The molecule has 0 aliphatic heterocycles. The van der Waals surface area contributed by atoms with Gasteiger partial charge in [0.15, 0.2) is 0 Å². The van der Waals surface area contributed by atoms with E-state index in [1.54, 1.807) is 5.38 Å². The first-order chi connectivity index (χ1) is 9.00. The van der Waals surface area contributed by atoms with Crippen LogP contribution < -0.4 is 5.32 Å². The third-order valence-corrected chi connectivity index (χ3v) is 2.88. The summed E-state index contributed by atoms with van der Waals surface area (Å²) in [7, 11) is 0. The first-order valence-corrected chi connectivity index (χ1v) is 5.95. The van der Waals surface area contributed by atoms with Gasteiger partial charge in [0.25, 0.3) is 0 Å². The number of rotatable bonds is 3. The van der Waals surface area contributed by atoms with Crippen LogP contribution in [0.25, 0.3) is 0 Å². The summed E-state index contributed by atoms with van der Waals surface area (Å²) in [4.78, 5) is 0. The van der Waals surface area contributed by atoms with Crippen molar-refractivity contribution in [2.75, 3.05) is 5.32 Å². The summed E-state index contributed by atoms with van der Waals surface area (Å²) in [6, 6.07) is 5.01. The van der Waals surface area contributed by atoms with Crippen molar-refractivity contribution in [3.05, 3.63) is 40.4 Å². The molecule has 1 aromatic carbocycles. The van der Waals surface area contributed by atoms with Gasteiger partial charge in [-0.05, 0) is 29.7 Å². The van der Waals surface area contributed by atoms with Crippen molar-refractivity contribution >= 4 is 17.2 Å². The van der Waals surface area contributed by atoms with Crippen molar-refractivity contribution in [1.29, 1.82) is 5.26 Å². The van der Waals surface area contributed by atoms with Gasteiger partial charge in [-0.2, -0.15) is 18.4 Å². The molecular weight excluding hydrogens is 277 g/mol. The van der Waals surface area contributed by atoms with E-state index in [9.17, 15) is 13.2 Å². The van der Waals surface area contributed by atoms with Gasteiger partial charge in [0.1, 0.15) is 0 Å². The van der Waals surface area contributed by atoms with Gasteiger partial charge in [0.05, 0.1) is 29.4 Å². The van der Waals surface area contributed by atoms with Crippen LogP contribution in [-0.2, 0) is 12.7 Å². The normalized spacial score (nSPS) is 11.1. The molecule has 0 spiro atoms. The lowest BCUT2D eigenvalue weighted by atomic mass is 10.1. The predicted molar refractivity (Wildman–Crippen MR) is 63.4 cm³/mol. The van der Waals surface area contributed by atoms with Crippen molar-refractivity contribution in [3.63, 3.8) is 0 Å². The zero-order valence-electron chi connectivity index (χ0n) is 9.40. The molecule has 0 bridgehead atoms. The molecular formula is C11H7F3N4S. The Morgan fingerprint density at radius 2 is 2.16 bits per heavy atom. The SMILES string of the molecule is N#Cc1ccc(NCc2csnn2)cc1C(F)(F)F. The van der Waals surface area contributed by atoms with E-state index in [4.69, 9.17) is 5.26 Å². The van der Waals surface area contributed by atoms with Crippen LogP contribution in [0.1, 0.15) is 16.8 Å². The van der Waals surface area contributed by atoms with Crippen LogP contribution >= 0.6 is 11.5 Å². The molecule has 4 nitrogen and oxygen atoms in total. The smallest absolute Gasteiger partial charge is 0.379 e. The Hall–Kier alpha value is -2.14. The molecule has 19 heavy (non-hydrogen) atoms. The quantitative estimate of drug-likeness (QED) is 0.941. The van der Waals surface area contributed by atoms with Crippen molar-refractivity contribution in [2.24, 2.45) is 0 Å². The zero-order chi connectivity index (χ0) is 13.9. The highest BCUT2D eigenvalue weighted by atomic mass is 32.1. The highest BCUT2D eigenvalue weighted by Gasteiger charge is 2.33. The van der Waals surface area contributed by atoms with E-state index in [-0.39, 0.29) is 12.2 Å². The molecule has 0 saturated carbocycles. The summed E-state index contributed by atoms with van der Waals surface area (Å²) in [5, 5.41) is 16.9. The number of hydrogen-bond donors (Lipinski definition) is 1. The van der Waals surface area contributed by atoms with E-state index in [1.165, 1.54) is 12.1 Å².